The Labute approximate surface area is 102 Å². The highest BCUT2D eigenvalue weighted by Gasteiger charge is 2.13. The fourth-order valence-corrected chi connectivity index (χ4v) is 1.21. The molecular formula is C10H21N2O4P. The van der Waals surface area contributed by atoms with Crippen molar-refractivity contribution >= 4 is 7.82 Å². The van der Waals surface area contributed by atoms with E-state index in [9.17, 15) is 4.57 Å². The number of aryl methyl sites for hydroxylation is 2. The minimum Gasteiger partial charge on any atom is -0.338 e. The van der Waals surface area contributed by atoms with Crippen molar-refractivity contribution in [1.82, 2.24) is 9.55 Å². The second-order valence-electron chi connectivity index (χ2n) is 3.43. The zero-order valence-electron chi connectivity index (χ0n) is 10.8. The van der Waals surface area contributed by atoms with Crippen LogP contribution in [0.1, 0.15) is 25.5 Å². The number of unbranched alkanes of at least 4 members (excludes halogenated alkanes) is 1. The second kappa shape index (κ2) is 8.42. The van der Waals surface area contributed by atoms with E-state index in [-0.39, 0.29) is 0 Å². The molecule has 1 rings (SSSR count). The largest absolute Gasteiger partial charge is 0.471 e. The van der Waals surface area contributed by atoms with E-state index in [0.29, 0.717) is 0 Å². The van der Waals surface area contributed by atoms with Gasteiger partial charge in [-0.3, -0.25) is 9.05 Å². The predicted octanol–water partition coefficient (Wildman–Crippen LogP) is 2.14. The first-order valence-electron chi connectivity index (χ1n) is 5.36. The molecule has 17 heavy (non-hydrogen) atoms. The fraction of sp³-hybridized carbons (Fsp3) is 0.700. The number of phosphoric acid groups is 1. The molecule has 0 atom stereocenters. The summed E-state index contributed by atoms with van der Waals surface area (Å²) in [5, 5.41) is 0. The molecule has 1 aromatic rings. The summed E-state index contributed by atoms with van der Waals surface area (Å²) < 4.78 is 20.1. The zero-order chi connectivity index (χ0) is 13.3. The first-order chi connectivity index (χ1) is 7.96. The Kier molecular flexibility index (Phi) is 8.08. The maximum absolute atomic E-state index is 10.1. The average molecular weight is 264 g/mol. The van der Waals surface area contributed by atoms with E-state index in [2.05, 4.69) is 25.5 Å². The van der Waals surface area contributed by atoms with E-state index in [1.165, 1.54) is 18.5 Å². The SMILES string of the molecule is CCCCc1cncn1C.COP(=O)(O)OC. The second-order valence-corrected chi connectivity index (χ2v) is 5.10. The van der Waals surface area contributed by atoms with Gasteiger partial charge in [-0.2, -0.15) is 0 Å². The van der Waals surface area contributed by atoms with Gasteiger partial charge in [0.15, 0.2) is 0 Å². The fourth-order valence-electron chi connectivity index (χ4n) is 1.06. The summed E-state index contributed by atoms with van der Waals surface area (Å²) in [6.45, 7) is 2.20. The van der Waals surface area contributed by atoms with Crippen LogP contribution in [-0.4, -0.2) is 28.7 Å². The van der Waals surface area contributed by atoms with Crippen molar-refractivity contribution in [3.05, 3.63) is 18.2 Å². The van der Waals surface area contributed by atoms with E-state index in [1.54, 1.807) is 0 Å². The molecule has 0 bridgehead atoms. The van der Waals surface area contributed by atoms with Gasteiger partial charge in [-0.05, 0) is 12.8 Å². The maximum Gasteiger partial charge on any atom is 0.471 e. The van der Waals surface area contributed by atoms with Crippen molar-refractivity contribution in [2.24, 2.45) is 7.05 Å². The Hall–Kier alpha value is -0.680. The molecule has 1 N–H and O–H groups in total. The third-order valence-electron chi connectivity index (χ3n) is 2.16. The lowest BCUT2D eigenvalue weighted by molar-refractivity contribution is 0.204. The summed E-state index contributed by atoms with van der Waals surface area (Å²) in [5.74, 6) is 0. The Morgan fingerprint density at radius 2 is 2.06 bits per heavy atom. The van der Waals surface area contributed by atoms with Crippen LogP contribution in [-0.2, 0) is 27.1 Å². The molecular weight excluding hydrogens is 243 g/mol. The van der Waals surface area contributed by atoms with E-state index in [4.69, 9.17) is 4.89 Å². The molecule has 0 aliphatic carbocycles. The van der Waals surface area contributed by atoms with Gasteiger partial charge < -0.3 is 9.46 Å². The van der Waals surface area contributed by atoms with Crippen LogP contribution in [0.2, 0.25) is 0 Å². The van der Waals surface area contributed by atoms with Gasteiger partial charge in [0.1, 0.15) is 0 Å². The van der Waals surface area contributed by atoms with Crippen LogP contribution < -0.4 is 0 Å². The quantitative estimate of drug-likeness (QED) is 0.825. The van der Waals surface area contributed by atoms with Crippen molar-refractivity contribution in [2.75, 3.05) is 14.2 Å². The van der Waals surface area contributed by atoms with Crippen LogP contribution in [0.15, 0.2) is 12.5 Å². The number of aromatic nitrogens is 2. The molecule has 0 saturated heterocycles. The molecule has 7 heteroatoms. The van der Waals surface area contributed by atoms with Gasteiger partial charge in [-0.25, -0.2) is 9.55 Å². The summed E-state index contributed by atoms with van der Waals surface area (Å²) in [5.41, 5.74) is 1.34. The maximum atomic E-state index is 10.1. The Bertz CT molecular complexity index is 346. The topological polar surface area (TPSA) is 73.6 Å². The standard InChI is InChI=1S/C8H14N2.C2H7O4P/c1-3-4-5-8-6-9-7-10(8)2;1-5-7(3,4)6-2/h6-7H,3-5H2,1-2H3;1-2H3,(H,3,4). The molecule has 0 amide bonds. The third-order valence-corrected chi connectivity index (χ3v) is 3.09. The molecule has 0 spiro atoms. The number of phosphoric ester groups is 1. The lowest BCUT2D eigenvalue weighted by Gasteiger charge is -2.01. The van der Waals surface area contributed by atoms with Crippen molar-refractivity contribution in [1.29, 1.82) is 0 Å². The molecule has 0 aliphatic rings. The molecule has 0 fully saturated rings. The van der Waals surface area contributed by atoms with Crippen molar-refractivity contribution in [2.45, 2.75) is 26.2 Å². The first kappa shape index (κ1) is 16.3. The lowest BCUT2D eigenvalue weighted by Crippen LogP contribution is -1.93. The highest BCUT2D eigenvalue weighted by molar-refractivity contribution is 7.47. The Morgan fingerprint density at radius 3 is 2.35 bits per heavy atom. The van der Waals surface area contributed by atoms with Crippen molar-refractivity contribution in [3.63, 3.8) is 0 Å². The number of hydrogen-bond acceptors (Lipinski definition) is 4. The minimum absolute atomic E-state index is 1.10. The zero-order valence-corrected chi connectivity index (χ0v) is 11.7. The van der Waals surface area contributed by atoms with Gasteiger partial charge >= 0.3 is 7.82 Å². The van der Waals surface area contributed by atoms with Gasteiger partial charge in [0.2, 0.25) is 0 Å². The Morgan fingerprint density at radius 1 is 1.47 bits per heavy atom. The third kappa shape index (κ3) is 7.28. The summed E-state index contributed by atoms with van der Waals surface area (Å²) in [6.07, 6.45) is 7.47. The molecule has 1 heterocycles. The van der Waals surface area contributed by atoms with Crippen LogP contribution in [0, 0.1) is 0 Å². The lowest BCUT2D eigenvalue weighted by atomic mass is 10.2. The molecule has 0 unspecified atom stereocenters. The molecule has 0 saturated carbocycles. The van der Waals surface area contributed by atoms with Gasteiger partial charge in [-0.1, -0.05) is 13.3 Å². The van der Waals surface area contributed by atoms with Crippen LogP contribution in [0.4, 0.5) is 0 Å². The molecule has 1 aromatic heterocycles. The molecule has 100 valence electrons. The summed E-state index contributed by atoms with van der Waals surface area (Å²) in [4.78, 5) is 12.3. The van der Waals surface area contributed by atoms with Crippen molar-refractivity contribution < 1.29 is 18.5 Å². The van der Waals surface area contributed by atoms with Crippen molar-refractivity contribution in [3.8, 4) is 0 Å². The van der Waals surface area contributed by atoms with Crippen LogP contribution in [0.25, 0.3) is 0 Å². The van der Waals surface area contributed by atoms with E-state index < -0.39 is 7.82 Å². The number of hydrogen-bond donors (Lipinski definition) is 1. The van der Waals surface area contributed by atoms with Gasteiger partial charge in [0, 0.05) is 33.2 Å². The number of rotatable bonds is 5. The Balaban J connectivity index is 0.000000325. The summed E-state index contributed by atoms with van der Waals surface area (Å²) in [7, 11) is 0.588. The average Bonchev–Trinajstić information content (AvgIpc) is 2.73. The van der Waals surface area contributed by atoms with Gasteiger partial charge in [0.05, 0.1) is 6.33 Å². The highest BCUT2D eigenvalue weighted by Crippen LogP contribution is 2.40. The predicted molar refractivity (Wildman–Crippen MR) is 65.7 cm³/mol. The summed E-state index contributed by atoms with van der Waals surface area (Å²) >= 11 is 0. The van der Waals surface area contributed by atoms with Crippen LogP contribution in [0.5, 0.6) is 0 Å². The van der Waals surface area contributed by atoms with E-state index >= 15 is 0 Å². The molecule has 0 aliphatic heterocycles. The number of nitrogens with zero attached hydrogens (tertiary/aromatic N) is 2. The normalized spacial score (nSPS) is 10.9. The molecule has 0 radical (unpaired) electrons. The van der Waals surface area contributed by atoms with Crippen LogP contribution >= 0.6 is 7.82 Å². The van der Waals surface area contributed by atoms with E-state index in [1.807, 2.05) is 19.6 Å². The van der Waals surface area contributed by atoms with Crippen LogP contribution in [0.3, 0.4) is 0 Å². The smallest absolute Gasteiger partial charge is 0.338 e. The molecule has 0 aromatic carbocycles. The highest BCUT2D eigenvalue weighted by atomic mass is 31.2. The minimum atomic E-state index is -3.65. The molecule has 6 nitrogen and oxygen atoms in total. The number of imidazole rings is 1. The van der Waals surface area contributed by atoms with Gasteiger partial charge in [0.25, 0.3) is 0 Å². The van der Waals surface area contributed by atoms with E-state index in [0.717, 1.165) is 20.6 Å². The monoisotopic (exact) mass is 264 g/mol. The van der Waals surface area contributed by atoms with Gasteiger partial charge in [-0.15, -0.1) is 0 Å². The summed E-state index contributed by atoms with van der Waals surface area (Å²) in [6, 6.07) is 0. The first-order valence-corrected chi connectivity index (χ1v) is 6.85.